The third-order valence-electron chi connectivity index (χ3n) is 3.37. The predicted molar refractivity (Wildman–Crippen MR) is 83.5 cm³/mol. The van der Waals surface area contributed by atoms with Crippen molar-refractivity contribution in [3.8, 4) is 0 Å². The molecule has 4 heteroatoms. The van der Waals surface area contributed by atoms with Gasteiger partial charge in [-0.3, -0.25) is 9.59 Å². The van der Waals surface area contributed by atoms with Gasteiger partial charge in [0.05, 0.1) is 10.9 Å². The van der Waals surface area contributed by atoms with Crippen LogP contribution in [0.1, 0.15) is 37.0 Å². The molecule has 0 radical (unpaired) electrons. The highest BCUT2D eigenvalue weighted by molar-refractivity contribution is 8.01. The van der Waals surface area contributed by atoms with Crippen LogP contribution >= 0.6 is 11.8 Å². The molecule has 2 rings (SSSR count). The van der Waals surface area contributed by atoms with E-state index in [0.717, 1.165) is 22.6 Å². The van der Waals surface area contributed by atoms with Crippen molar-refractivity contribution in [3.05, 3.63) is 36.4 Å². The predicted octanol–water partition coefficient (Wildman–Crippen LogP) is 3.68. The Labute approximate surface area is 124 Å². The maximum absolute atomic E-state index is 12.3. The molecule has 20 heavy (non-hydrogen) atoms. The van der Waals surface area contributed by atoms with E-state index in [0.29, 0.717) is 13.0 Å². The quantitative estimate of drug-likeness (QED) is 0.613. The average Bonchev–Trinajstić information content (AvgIpc) is 2.46. The molecule has 1 aromatic carbocycles. The van der Waals surface area contributed by atoms with Crippen molar-refractivity contribution in [2.24, 2.45) is 0 Å². The second kappa shape index (κ2) is 6.27. The molecular formula is C16H19NO2S. The van der Waals surface area contributed by atoms with Gasteiger partial charge >= 0.3 is 0 Å². The van der Waals surface area contributed by atoms with E-state index in [1.807, 2.05) is 38.1 Å². The Morgan fingerprint density at radius 1 is 1.50 bits per heavy atom. The topological polar surface area (TPSA) is 37.4 Å². The van der Waals surface area contributed by atoms with Crippen LogP contribution in [0.5, 0.6) is 0 Å². The van der Waals surface area contributed by atoms with Crippen LogP contribution in [0, 0.1) is 0 Å². The summed E-state index contributed by atoms with van der Waals surface area (Å²) in [6.07, 6.45) is 3.07. The van der Waals surface area contributed by atoms with Crippen molar-refractivity contribution in [2.45, 2.75) is 36.8 Å². The Balaban J connectivity index is 2.38. The minimum atomic E-state index is -0.112. The van der Waals surface area contributed by atoms with Gasteiger partial charge in [0.2, 0.25) is 5.91 Å². The number of carbonyl (C=O) groups is 2. The molecule has 0 aromatic heterocycles. The summed E-state index contributed by atoms with van der Waals surface area (Å²) in [5.41, 5.74) is 1.64. The highest BCUT2D eigenvalue weighted by atomic mass is 32.2. The molecule has 0 bridgehead atoms. The monoisotopic (exact) mass is 289 g/mol. The Morgan fingerprint density at radius 2 is 2.25 bits per heavy atom. The van der Waals surface area contributed by atoms with Crippen LogP contribution < -0.4 is 4.90 Å². The van der Waals surface area contributed by atoms with Gasteiger partial charge in [-0.1, -0.05) is 13.0 Å². The summed E-state index contributed by atoms with van der Waals surface area (Å²) >= 11 is 1.53. The van der Waals surface area contributed by atoms with Crippen molar-refractivity contribution in [3.63, 3.8) is 0 Å². The first-order valence-corrected chi connectivity index (χ1v) is 7.72. The van der Waals surface area contributed by atoms with Gasteiger partial charge in [-0.05, 0) is 31.5 Å². The van der Waals surface area contributed by atoms with Crippen molar-refractivity contribution >= 4 is 29.1 Å². The number of anilines is 1. The van der Waals surface area contributed by atoms with Gasteiger partial charge in [-0.2, -0.15) is 0 Å². The zero-order valence-corrected chi connectivity index (χ0v) is 12.7. The number of hydrogen-bond donors (Lipinski definition) is 0. The third-order valence-corrected chi connectivity index (χ3v) is 4.50. The molecule has 0 aliphatic carbocycles. The lowest BCUT2D eigenvalue weighted by Gasteiger charge is -2.32. The van der Waals surface area contributed by atoms with Crippen molar-refractivity contribution in [1.82, 2.24) is 0 Å². The second-order valence-corrected chi connectivity index (χ2v) is 6.17. The minimum absolute atomic E-state index is 0.112. The average molecular weight is 289 g/mol. The number of benzene rings is 1. The second-order valence-electron chi connectivity index (χ2n) is 4.79. The fourth-order valence-corrected chi connectivity index (χ4v) is 3.34. The van der Waals surface area contributed by atoms with Crippen LogP contribution in [-0.2, 0) is 4.79 Å². The first-order valence-electron chi connectivity index (χ1n) is 6.84. The van der Waals surface area contributed by atoms with E-state index < -0.39 is 0 Å². The molecule has 0 N–H and O–H groups in total. The molecule has 0 spiro atoms. The highest BCUT2D eigenvalue weighted by Crippen LogP contribution is 2.39. The molecule has 1 amide bonds. The van der Waals surface area contributed by atoms with E-state index in [-0.39, 0.29) is 16.9 Å². The molecule has 106 valence electrons. The Bertz CT molecular complexity index is 553. The summed E-state index contributed by atoms with van der Waals surface area (Å²) in [5, 5.41) is -0.112. The zero-order chi connectivity index (χ0) is 14.7. The van der Waals surface area contributed by atoms with Crippen LogP contribution in [0.2, 0.25) is 0 Å². The first-order chi connectivity index (χ1) is 9.58. The van der Waals surface area contributed by atoms with Gasteiger partial charge < -0.3 is 4.90 Å². The van der Waals surface area contributed by atoms with Crippen LogP contribution in [0.4, 0.5) is 5.69 Å². The number of fused-ring (bicyclic) bond motifs is 1. The summed E-state index contributed by atoms with van der Waals surface area (Å²) in [6.45, 7) is 8.11. The van der Waals surface area contributed by atoms with Gasteiger partial charge in [-0.25, -0.2) is 0 Å². The van der Waals surface area contributed by atoms with Gasteiger partial charge in [-0.15, -0.1) is 18.3 Å². The number of hydrogen-bond acceptors (Lipinski definition) is 3. The van der Waals surface area contributed by atoms with Crippen LogP contribution in [0.3, 0.4) is 0 Å². The smallest absolute Gasteiger partial charge is 0.240 e. The highest BCUT2D eigenvalue weighted by Gasteiger charge is 2.30. The lowest BCUT2D eigenvalue weighted by Crippen LogP contribution is -2.40. The molecule has 3 nitrogen and oxygen atoms in total. The first kappa shape index (κ1) is 14.9. The molecular weight excluding hydrogens is 270 g/mol. The summed E-state index contributed by atoms with van der Waals surface area (Å²) in [4.78, 5) is 26.9. The Morgan fingerprint density at radius 3 is 2.90 bits per heavy atom. The molecule has 0 saturated carbocycles. The number of nitrogens with zero attached hydrogens (tertiary/aromatic N) is 1. The number of rotatable bonds is 5. The Kier molecular flexibility index (Phi) is 4.65. The summed E-state index contributed by atoms with van der Waals surface area (Å²) in [5.74, 6) is 0.259. The molecule has 1 aliphatic heterocycles. The fraction of sp³-hybridized carbons (Fsp3) is 0.375. The standard InChI is InChI=1S/C16H19NO2S/c1-4-6-9-17-13-8-7-12(14(18)5-2)10-15(13)20-11(3)16(17)19/h4,7-8,10-11H,1,5-6,9H2,2-3H3. The number of thioether (sulfide) groups is 1. The number of ketones is 1. The maximum atomic E-state index is 12.3. The molecule has 1 unspecified atom stereocenters. The van der Waals surface area contributed by atoms with Crippen molar-refractivity contribution in [1.29, 1.82) is 0 Å². The Hall–Kier alpha value is -1.55. The number of amides is 1. The lowest BCUT2D eigenvalue weighted by atomic mass is 10.1. The van der Waals surface area contributed by atoms with E-state index in [1.165, 1.54) is 11.8 Å². The van der Waals surface area contributed by atoms with Crippen molar-refractivity contribution in [2.75, 3.05) is 11.4 Å². The molecule has 0 fully saturated rings. The number of Topliss-reactive ketones (excluding diaryl/α,β-unsaturated/α-hetero) is 1. The van der Waals surface area contributed by atoms with Gasteiger partial charge in [0.1, 0.15) is 0 Å². The number of carbonyl (C=O) groups excluding carboxylic acids is 2. The van der Waals surface area contributed by atoms with Crippen molar-refractivity contribution < 1.29 is 9.59 Å². The van der Waals surface area contributed by atoms with E-state index in [2.05, 4.69) is 6.58 Å². The van der Waals surface area contributed by atoms with E-state index in [9.17, 15) is 9.59 Å². The van der Waals surface area contributed by atoms with E-state index in [4.69, 9.17) is 0 Å². The summed E-state index contributed by atoms with van der Waals surface area (Å²) in [7, 11) is 0. The molecule has 1 aliphatic rings. The molecule has 1 heterocycles. The van der Waals surface area contributed by atoms with Gasteiger partial charge in [0.25, 0.3) is 0 Å². The van der Waals surface area contributed by atoms with E-state index >= 15 is 0 Å². The zero-order valence-electron chi connectivity index (χ0n) is 11.9. The van der Waals surface area contributed by atoms with Crippen LogP contribution in [0.15, 0.2) is 35.7 Å². The maximum Gasteiger partial charge on any atom is 0.240 e. The van der Waals surface area contributed by atoms with E-state index in [1.54, 1.807) is 4.90 Å². The third kappa shape index (κ3) is 2.80. The molecule has 0 saturated heterocycles. The van der Waals surface area contributed by atoms with Crippen LogP contribution in [0.25, 0.3) is 0 Å². The lowest BCUT2D eigenvalue weighted by molar-refractivity contribution is -0.118. The fourth-order valence-electron chi connectivity index (χ4n) is 2.24. The largest absolute Gasteiger partial charge is 0.310 e. The summed E-state index contributed by atoms with van der Waals surface area (Å²) < 4.78 is 0. The minimum Gasteiger partial charge on any atom is -0.310 e. The molecule has 1 atom stereocenters. The summed E-state index contributed by atoms with van der Waals surface area (Å²) in [6, 6.07) is 5.61. The SMILES string of the molecule is C=CCCN1C(=O)C(C)Sc2cc(C(=O)CC)ccc21. The van der Waals surface area contributed by atoms with Gasteiger partial charge in [0, 0.05) is 23.4 Å². The van der Waals surface area contributed by atoms with Crippen LogP contribution in [-0.4, -0.2) is 23.5 Å². The normalized spacial score (nSPS) is 17.8. The van der Waals surface area contributed by atoms with Gasteiger partial charge in [0.15, 0.2) is 5.78 Å². The molecule has 1 aromatic rings.